The lowest BCUT2D eigenvalue weighted by Gasteiger charge is -1.92. The molecule has 14 heavy (non-hydrogen) atoms. The highest BCUT2D eigenvalue weighted by atomic mass is 32.1. The Labute approximate surface area is 90.8 Å². The van der Waals surface area contributed by atoms with Gasteiger partial charge in [-0.2, -0.15) is 5.26 Å². The number of aliphatic hydroxyl groups is 1. The monoisotopic (exact) mass is 221 g/mol. The molecule has 70 valence electrons. The van der Waals surface area contributed by atoms with Crippen LogP contribution < -0.4 is 0 Å². The number of aliphatic hydroxyl groups excluding tert-OH is 1. The molecule has 2 aromatic rings. The van der Waals surface area contributed by atoms with Crippen LogP contribution in [0.1, 0.15) is 10.4 Å². The summed E-state index contributed by atoms with van der Waals surface area (Å²) in [7, 11) is 0. The van der Waals surface area contributed by atoms with E-state index in [-0.39, 0.29) is 6.61 Å². The molecule has 2 rings (SSSR count). The van der Waals surface area contributed by atoms with Crippen molar-refractivity contribution in [3.8, 4) is 6.07 Å². The number of nitriles is 1. The van der Waals surface area contributed by atoms with Gasteiger partial charge in [-0.15, -0.1) is 24.0 Å². The molecule has 1 N–H and O–H groups in total. The van der Waals surface area contributed by atoms with Crippen molar-refractivity contribution < 1.29 is 5.11 Å². The van der Waals surface area contributed by atoms with Crippen LogP contribution in [0.5, 0.6) is 0 Å². The van der Waals surface area contributed by atoms with Crippen LogP contribution >= 0.6 is 24.0 Å². The van der Waals surface area contributed by atoms with E-state index in [0.717, 1.165) is 19.9 Å². The first kappa shape index (κ1) is 9.53. The van der Waals surface area contributed by atoms with Gasteiger partial charge in [0, 0.05) is 19.9 Å². The molecule has 1 aromatic heterocycles. The maximum absolute atomic E-state index is 9.04. The third-order valence-corrected chi connectivity index (χ3v) is 3.82. The van der Waals surface area contributed by atoms with Gasteiger partial charge in [-0.1, -0.05) is 0 Å². The van der Waals surface area contributed by atoms with E-state index in [1.54, 1.807) is 12.1 Å². The number of hydrogen-bond acceptors (Lipinski definition) is 4. The molecule has 0 aliphatic rings. The predicted molar refractivity (Wildman–Crippen MR) is 59.7 cm³/mol. The van der Waals surface area contributed by atoms with Crippen LogP contribution in [0, 0.1) is 11.3 Å². The third kappa shape index (κ3) is 1.40. The van der Waals surface area contributed by atoms with Gasteiger partial charge >= 0.3 is 0 Å². The average molecular weight is 221 g/mol. The van der Waals surface area contributed by atoms with Crippen molar-refractivity contribution in [3.63, 3.8) is 0 Å². The number of fused-ring (bicyclic) bond motifs is 1. The van der Waals surface area contributed by atoms with Crippen LogP contribution in [0.25, 0.3) is 10.1 Å². The molecule has 1 heterocycles. The summed E-state index contributed by atoms with van der Waals surface area (Å²) >= 11 is 5.83. The molecule has 0 unspecified atom stereocenters. The second-order valence-electron chi connectivity index (χ2n) is 2.85. The van der Waals surface area contributed by atoms with Crippen molar-refractivity contribution in [2.45, 2.75) is 11.5 Å². The molecule has 0 fully saturated rings. The summed E-state index contributed by atoms with van der Waals surface area (Å²) in [5.41, 5.74) is 0.620. The van der Waals surface area contributed by atoms with Gasteiger partial charge < -0.3 is 5.11 Å². The summed E-state index contributed by atoms with van der Waals surface area (Å²) in [5, 5.41) is 18.7. The van der Waals surface area contributed by atoms with E-state index in [4.69, 9.17) is 10.4 Å². The Hall–Kier alpha value is -1.02. The van der Waals surface area contributed by atoms with E-state index in [1.165, 1.54) is 11.3 Å². The number of hydrogen-bond donors (Lipinski definition) is 2. The normalized spacial score (nSPS) is 10.4. The summed E-state index contributed by atoms with van der Waals surface area (Å²) in [6, 6.07) is 7.54. The molecule has 0 amide bonds. The summed E-state index contributed by atoms with van der Waals surface area (Å²) in [6.45, 7) is 0.0000664. The summed E-state index contributed by atoms with van der Waals surface area (Å²) in [5.74, 6) is 0. The largest absolute Gasteiger partial charge is 0.391 e. The highest BCUT2D eigenvalue weighted by Crippen LogP contribution is 2.34. The first-order valence-electron chi connectivity index (χ1n) is 4.01. The first-order chi connectivity index (χ1) is 6.76. The fourth-order valence-electron chi connectivity index (χ4n) is 1.31. The standard InChI is InChI=1S/C10H7NOS2/c11-4-6-1-2-8-7(3-6)10(13)9(5-12)14-8/h1-3,12-13H,5H2. The van der Waals surface area contributed by atoms with Crippen LogP contribution in [0.3, 0.4) is 0 Å². The predicted octanol–water partition coefficient (Wildman–Crippen LogP) is 2.55. The molecule has 0 spiro atoms. The van der Waals surface area contributed by atoms with Crippen LogP contribution in [0.15, 0.2) is 23.1 Å². The van der Waals surface area contributed by atoms with E-state index in [1.807, 2.05) is 6.07 Å². The molecular formula is C10H7NOS2. The molecule has 0 radical (unpaired) electrons. The molecule has 0 saturated heterocycles. The van der Waals surface area contributed by atoms with Crippen molar-refractivity contribution in [1.82, 2.24) is 0 Å². The zero-order chi connectivity index (χ0) is 10.1. The molecule has 0 saturated carbocycles. The van der Waals surface area contributed by atoms with Gasteiger partial charge in [0.15, 0.2) is 0 Å². The van der Waals surface area contributed by atoms with Crippen molar-refractivity contribution >= 4 is 34.1 Å². The Morgan fingerprint density at radius 2 is 2.29 bits per heavy atom. The van der Waals surface area contributed by atoms with Crippen molar-refractivity contribution in [2.24, 2.45) is 0 Å². The van der Waals surface area contributed by atoms with Gasteiger partial charge in [0.1, 0.15) is 0 Å². The van der Waals surface area contributed by atoms with Gasteiger partial charge in [0.25, 0.3) is 0 Å². The quantitative estimate of drug-likeness (QED) is 0.727. The van der Waals surface area contributed by atoms with Gasteiger partial charge in [0.05, 0.1) is 18.2 Å². The molecule has 0 aliphatic heterocycles. The van der Waals surface area contributed by atoms with Crippen LogP contribution in [-0.2, 0) is 6.61 Å². The lowest BCUT2D eigenvalue weighted by molar-refractivity contribution is 0.283. The van der Waals surface area contributed by atoms with Crippen LogP contribution in [-0.4, -0.2) is 5.11 Å². The lowest BCUT2D eigenvalue weighted by atomic mass is 10.2. The number of rotatable bonds is 1. The molecular weight excluding hydrogens is 214 g/mol. The van der Waals surface area contributed by atoms with Gasteiger partial charge in [0.2, 0.25) is 0 Å². The molecule has 0 atom stereocenters. The van der Waals surface area contributed by atoms with E-state index >= 15 is 0 Å². The van der Waals surface area contributed by atoms with Crippen molar-refractivity contribution in [1.29, 1.82) is 5.26 Å². The second kappa shape index (κ2) is 3.62. The van der Waals surface area contributed by atoms with Crippen LogP contribution in [0.4, 0.5) is 0 Å². The zero-order valence-corrected chi connectivity index (χ0v) is 8.90. The minimum atomic E-state index is 0.0000664. The lowest BCUT2D eigenvalue weighted by Crippen LogP contribution is -1.76. The Kier molecular flexibility index (Phi) is 2.46. The Bertz CT molecular complexity index is 525. The van der Waals surface area contributed by atoms with Gasteiger partial charge in [-0.3, -0.25) is 0 Å². The number of nitrogens with zero attached hydrogens (tertiary/aromatic N) is 1. The summed E-state index contributed by atoms with van der Waals surface area (Å²) in [6.07, 6.45) is 0. The Balaban J connectivity index is 2.75. The second-order valence-corrected chi connectivity index (χ2v) is 4.44. The van der Waals surface area contributed by atoms with Crippen molar-refractivity contribution in [3.05, 3.63) is 28.6 Å². The fraction of sp³-hybridized carbons (Fsp3) is 0.100. The third-order valence-electron chi connectivity index (χ3n) is 2.00. The fourth-order valence-corrected chi connectivity index (χ4v) is 2.72. The zero-order valence-electron chi connectivity index (χ0n) is 7.19. The maximum atomic E-state index is 9.04. The topological polar surface area (TPSA) is 44.0 Å². The highest BCUT2D eigenvalue weighted by Gasteiger charge is 2.08. The molecule has 2 nitrogen and oxygen atoms in total. The molecule has 0 aliphatic carbocycles. The van der Waals surface area contributed by atoms with E-state index in [9.17, 15) is 0 Å². The molecule has 0 bridgehead atoms. The number of thiol groups is 1. The van der Waals surface area contributed by atoms with Gasteiger partial charge in [-0.25, -0.2) is 0 Å². The summed E-state index contributed by atoms with van der Waals surface area (Å²) in [4.78, 5) is 1.63. The minimum absolute atomic E-state index is 0.0000664. The van der Waals surface area contributed by atoms with E-state index in [0.29, 0.717) is 5.56 Å². The number of benzene rings is 1. The number of thiophene rings is 1. The van der Waals surface area contributed by atoms with Crippen LogP contribution in [0.2, 0.25) is 0 Å². The van der Waals surface area contributed by atoms with E-state index < -0.39 is 0 Å². The average Bonchev–Trinajstić information content (AvgIpc) is 2.55. The molecule has 1 aromatic carbocycles. The smallest absolute Gasteiger partial charge is 0.0991 e. The van der Waals surface area contributed by atoms with Gasteiger partial charge in [-0.05, 0) is 18.2 Å². The van der Waals surface area contributed by atoms with Crippen molar-refractivity contribution in [2.75, 3.05) is 0 Å². The SMILES string of the molecule is N#Cc1ccc2sc(CO)c(S)c2c1. The minimum Gasteiger partial charge on any atom is -0.391 e. The summed E-state index contributed by atoms with van der Waals surface area (Å²) < 4.78 is 1.05. The van der Waals surface area contributed by atoms with E-state index in [2.05, 4.69) is 18.7 Å². The first-order valence-corrected chi connectivity index (χ1v) is 5.28. The Morgan fingerprint density at radius 1 is 1.50 bits per heavy atom. The highest BCUT2D eigenvalue weighted by molar-refractivity contribution is 7.80. The molecule has 4 heteroatoms. The Morgan fingerprint density at radius 3 is 2.93 bits per heavy atom. The maximum Gasteiger partial charge on any atom is 0.0991 e.